The summed E-state index contributed by atoms with van der Waals surface area (Å²) in [7, 11) is 3.31. The first-order chi connectivity index (χ1) is 13.7. The Hall–Kier alpha value is -3.12. The maximum Gasteiger partial charge on any atom is 0.254 e. The summed E-state index contributed by atoms with van der Waals surface area (Å²) < 4.78 is 16.3. The zero-order valence-electron chi connectivity index (χ0n) is 16.4. The zero-order valence-corrected chi connectivity index (χ0v) is 16.4. The van der Waals surface area contributed by atoms with E-state index in [9.17, 15) is 0 Å². The molecule has 0 aliphatic carbocycles. The van der Waals surface area contributed by atoms with E-state index in [1.54, 1.807) is 14.2 Å². The minimum atomic E-state index is 0.529. The highest BCUT2D eigenvalue weighted by atomic mass is 16.5. The van der Waals surface area contributed by atoms with Gasteiger partial charge in [-0.1, -0.05) is 23.4 Å². The van der Waals surface area contributed by atoms with Gasteiger partial charge in [-0.15, -0.1) is 0 Å². The number of unbranched alkanes of at least 4 members (excludes halogenated alkanes) is 1. The van der Waals surface area contributed by atoms with Crippen molar-refractivity contribution in [2.75, 3.05) is 20.8 Å². The number of ether oxygens (including phenoxy) is 2. The van der Waals surface area contributed by atoms with Crippen LogP contribution in [0.1, 0.15) is 30.7 Å². The quantitative estimate of drug-likeness (QED) is 0.572. The molecule has 0 aliphatic rings. The predicted molar refractivity (Wildman–Crippen MR) is 109 cm³/mol. The van der Waals surface area contributed by atoms with Gasteiger partial charge >= 0.3 is 0 Å². The topological polar surface area (TPSA) is 85.0 Å². The molecule has 0 atom stereocenters. The number of nitrogens with zero attached hydrogens (tertiary/aromatic N) is 2. The van der Waals surface area contributed by atoms with Crippen molar-refractivity contribution in [1.82, 2.24) is 10.1 Å². The van der Waals surface area contributed by atoms with E-state index in [1.807, 2.05) is 48.5 Å². The van der Waals surface area contributed by atoms with Gasteiger partial charge in [-0.05, 0) is 55.7 Å². The fourth-order valence-electron chi connectivity index (χ4n) is 2.92. The van der Waals surface area contributed by atoms with Crippen LogP contribution in [-0.4, -0.2) is 30.9 Å². The summed E-state index contributed by atoms with van der Waals surface area (Å²) in [5.41, 5.74) is 6.78. The molecule has 0 saturated heterocycles. The number of rotatable bonds is 9. The molecule has 1 aromatic heterocycles. The molecule has 28 heavy (non-hydrogen) atoms. The van der Waals surface area contributed by atoms with Gasteiger partial charge in [0.1, 0.15) is 11.5 Å². The molecule has 1 heterocycles. The molecule has 0 amide bonds. The van der Waals surface area contributed by atoms with Crippen molar-refractivity contribution in [3.05, 3.63) is 60.0 Å². The van der Waals surface area contributed by atoms with Crippen LogP contribution in [0.4, 0.5) is 0 Å². The van der Waals surface area contributed by atoms with E-state index in [2.05, 4.69) is 22.0 Å². The summed E-state index contributed by atoms with van der Waals surface area (Å²) in [6.45, 7) is 0.906. The number of hydrogen-bond acceptors (Lipinski definition) is 5. The number of hydrogen-bond donors (Lipinski definition) is 1. The largest absolute Gasteiger partial charge is 0.497 e. The van der Waals surface area contributed by atoms with Crippen molar-refractivity contribution in [2.45, 2.75) is 19.3 Å². The van der Waals surface area contributed by atoms with Gasteiger partial charge in [-0.2, -0.15) is 4.98 Å². The van der Waals surface area contributed by atoms with Crippen LogP contribution in [0.2, 0.25) is 0 Å². The van der Waals surface area contributed by atoms with E-state index in [1.165, 1.54) is 0 Å². The van der Waals surface area contributed by atoms with Gasteiger partial charge in [0.05, 0.1) is 20.8 Å². The first-order valence-corrected chi connectivity index (χ1v) is 9.36. The highest BCUT2D eigenvalue weighted by Gasteiger charge is 2.14. The van der Waals surface area contributed by atoms with Crippen molar-refractivity contribution in [2.24, 2.45) is 0 Å². The minimum absolute atomic E-state index is 0.529. The lowest BCUT2D eigenvalue weighted by molar-refractivity contribution is -0.368. The van der Waals surface area contributed by atoms with Crippen molar-refractivity contribution >= 4 is 11.6 Å². The number of benzene rings is 2. The van der Waals surface area contributed by atoms with Crippen molar-refractivity contribution in [3.63, 3.8) is 0 Å². The van der Waals surface area contributed by atoms with Gasteiger partial charge in [0.25, 0.3) is 5.89 Å². The lowest BCUT2D eigenvalue weighted by Gasteiger charge is -2.06. The van der Waals surface area contributed by atoms with E-state index < -0.39 is 0 Å². The molecule has 0 aliphatic heterocycles. The molecule has 0 spiro atoms. The Labute approximate surface area is 165 Å². The maximum atomic E-state index is 5.60. The molecule has 6 nitrogen and oxygen atoms in total. The first kappa shape index (κ1) is 19.6. The summed E-state index contributed by atoms with van der Waals surface area (Å²) in [5.74, 6) is 2.69. The van der Waals surface area contributed by atoms with E-state index in [0.29, 0.717) is 11.7 Å². The second-order valence-electron chi connectivity index (χ2n) is 6.37. The maximum absolute atomic E-state index is 5.60. The van der Waals surface area contributed by atoms with E-state index in [-0.39, 0.29) is 0 Å². The Morgan fingerprint density at radius 3 is 2.54 bits per heavy atom. The van der Waals surface area contributed by atoms with Gasteiger partial charge in [0.15, 0.2) is 0 Å². The van der Waals surface area contributed by atoms with Crippen molar-refractivity contribution < 1.29 is 19.7 Å². The Morgan fingerprint density at radius 1 is 1.04 bits per heavy atom. The number of para-hydroxylation sites is 1. The first-order valence-electron chi connectivity index (χ1n) is 9.36. The number of aromatic nitrogens is 2. The Balaban J connectivity index is 1.92. The predicted octanol–water partition coefficient (Wildman–Crippen LogP) is 3.71. The van der Waals surface area contributed by atoms with Crippen LogP contribution in [0.15, 0.2) is 53.1 Å². The normalized spacial score (nSPS) is 11.5. The van der Waals surface area contributed by atoms with Crippen LogP contribution in [0.25, 0.3) is 23.0 Å². The molecular formula is C22H26N3O3+. The molecule has 146 valence electrons. The summed E-state index contributed by atoms with van der Waals surface area (Å²) in [5, 5.41) is 4.16. The Kier molecular flexibility index (Phi) is 6.81. The third kappa shape index (κ3) is 4.78. The molecule has 0 bridgehead atoms. The van der Waals surface area contributed by atoms with Crippen LogP contribution in [-0.2, 0) is 0 Å². The highest BCUT2D eigenvalue weighted by Crippen LogP contribution is 2.28. The second kappa shape index (κ2) is 9.71. The van der Waals surface area contributed by atoms with Gasteiger partial charge in [0.2, 0.25) is 5.82 Å². The summed E-state index contributed by atoms with van der Waals surface area (Å²) in [6, 6.07) is 15.5. The van der Waals surface area contributed by atoms with E-state index in [4.69, 9.17) is 14.0 Å². The molecule has 3 N–H and O–H groups in total. The van der Waals surface area contributed by atoms with Crippen LogP contribution in [0.5, 0.6) is 11.5 Å². The average Bonchev–Trinajstić information content (AvgIpc) is 3.23. The van der Waals surface area contributed by atoms with E-state index >= 15 is 0 Å². The molecule has 3 rings (SSSR count). The molecule has 0 radical (unpaired) electrons. The number of allylic oxidation sites excluding steroid dienone is 1. The third-order valence-corrected chi connectivity index (χ3v) is 4.46. The van der Waals surface area contributed by atoms with Gasteiger partial charge < -0.3 is 19.7 Å². The zero-order chi connectivity index (χ0) is 19.8. The van der Waals surface area contributed by atoms with Gasteiger partial charge in [-0.25, -0.2) is 0 Å². The van der Waals surface area contributed by atoms with Crippen LogP contribution in [0.3, 0.4) is 0 Å². The molecule has 3 aromatic rings. The smallest absolute Gasteiger partial charge is 0.254 e. The van der Waals surface area contributed by atoms with Crippen molar-refractivity contribution in [3.8, 4) is 22.9 Å². The fraction of sp³-hybridized carbons (Fsp3) is 0.273. The second-order valence-corrected chi connectivity index (χ2v) is 6.37. The van der Waals surface area contributed by atoms with E-state index in [0.717, 1.165) is 54.0 Å². The van der Waals surface area contributed by atoms with Gasteiger partial charge in [0, 0.05) is 16.7 Å². The molecular weight excluding hydrogens is 354 g/mol. The average molecular weight is 380 g/mol. The lowest BCUT2D eigenvalue weighted by Crippen LogP contribution is -2.50. The molecule has 0 fully saturated rings. The molecule has 0 saturated carbocycles. The summed E-state index contributed by atoms with van der Waals surface area (Å²) in [6.07, 6.45) is 4.94. The third-order valence-electron chi connectivity index (χ3n) is 4.46. The minimum Gasteiger partial charge on any atom is -0.497 e. The molecule has 0 unspecified atom stereocenters. The Morgan fingerprint density at radius 2 is 1.82 bits per heavy atom. The van der Waals surface area contributed by atoms with Crippen LogP contribution in [0, 0.1) is 0 Å². The van der Waals surface area contributed by atoms with Crippen molar-refractivity contribution in [1.29, 1.82) is 0 Å². The molecule has 2 aromatic carbocycles. The fourth-order valence-corrected chi connectivity index (χ4v) is 2.92. The van der Waals surface area contributed by atoms with Crippen LogP contribution < -0.4 is 15.2 Å². The number of methoxy groups -OCH3 is 2. The summed E-state index contributed by atoms with van der Waals surface area (Å²) >= 11 is 0. The Bertz CT molecular complexity index is 917. The monoisotopic (exact) mass is 380 g/mol. The number of quaternary nitrogens is 1. The lowest BCUT2D eigenvalue weighted by atomic mass is 10.0. The highest BCUT2D eigenvalue weighted by molar-refractivity contribution is 5.80. The van der Waals surface area contributed by atoms with Gasteiger partial charge in [-0.3, -0.25) is 0 Å². The standard InChI is InChI=1S/C22H25N3O3/c1-26-19-12-10-16(11-13-19)21-24-22(28-25-21)18(8-5-6-14-23)15-17-7-3-4-9-20(17)27-2/h3-4,7,9-13,15H,5-6,8,14,23H2,1-2H3/p+1/b18-15+. The molecule has 6 heteroatoms. The SMILES string of the molecule is COc1ccc(-c2noc(/C(=C/c3ccccc3OC)CCCC[NH3+])n2)cc1. The van der Waals surface area contributed by atoms with Crippen LogP contribution >= 0.6 is 0 Å². The summed E-state index contributed by atoms with van der Waals surface area (Å²) in [4.78, 5) is 4.62.